The third-order valence-corrected chi connectivity index (χ3v) is 4.40. The molecular formula is C11H21ClN2OS. The molecule has 0 bridgehead atoms. The zero-order valence-corrected chi connectivity index (χ0v) is 11.4. The number of carbonyl (C=O) groups excluding carboxylic acids is 1. The van der Waals surface area contributed by atoms with Crippen LogP contribution in [0.1, 0.15) is 19.3 Å². The van der Waals surface area contributed by atoms with Crippen molar-refractivity contribution in [2.45, 2.75) is 25.3 Å². The Labute approximate surface area is 108 Å². The van der Waals surface area contributed by atoms with E-state index < -0.39 is 0 Å². The second kappa shape index (κ2) is 6.12. The predicted octanol–water partition coefficient (Wildman–Crippen LogP) is 1.36. The molecule has 1 heterocycles. The fourth-order valence-electron chi connectivity index (χ4n) is 2.86. The molecule has 5 heteroatoms. The van der Waals surface area contributed by atoms with E-state index in [1.54, 1.807) is 11.8 Å². The second-order valence-corrected chi connectivity index (χ2v) is 5.69. The molecule has 16 heavy (non-hydrogen) atoms. The van der Waals surface area contributed by atoms with Crippen LogP contribution in [-0.2, 0) is 4.79 Å². The van der Waals surface area contributed by atoms with Crippen molar-refractivity contribution in [3.63, 3.8) is 0 Å². The van der Waals surface area contributed by atoms with Gasteiger partial charge in [-0.15, -0.1) is 12.4 Å². The minimum absolute atomic E-state index is 0. The van der Waals surface area contributed by atoms with Gasteiger partial charge in [0.1, 0.15) is 0 Å². The van der Waals surface area contributed by atoms with E-state index in [1.165, 1.54) is 6.42 Å². The van der Waals surface area contributed by atoms with E-state index in [4.69, 9.17) is 5.73 Å². The van der Waals surface area contributed by atoms with Crippen molar-refractivity contribution in [2.75, 3.05) is 25.1 Å². The smallest absolute Gasteiger partial charge is 0.223 e. The summed E-state index contributed by atoms with van der Waals surface area (Å²) in [6, 6.07) is 0.341. The first-order chi connectivity index (χ1) is 7.22. The Morgan fingerprint density at radius 1 is 1.44 bits per heavy atom. The van der Waals surface area contributed by atoms with Gasteiger partial charge >= 0.3 is 0 Å². The Kier molecular flexibility index (Phi) is 5.41. The Morgan fingerprint density at radius 2 is 2.19 bits per heavy atom. The number of amides is 1. The first-order valence-corrected chi connectivity index (χ1v) is 7.14. The number of nitrogens with zero attached hydrogens (tertiary/aromatic N) is 1. The maximum atomic E-state index is 11.8. The van der Waals surface area contributed by atoms with Crippen LogP contribution in [0.4, 0.5) is 0 Å². The van der Waals surface area contributed by atoms with Crippen molar-refractivity contribution < 1.29 is 4.79 Å². The molecule has 3 nitrogen and oxygen atoms in total. The van der Waals surface area contributed by atoms with E-state index in [2.05, 4.69) is 0 Å². The van der Waals surface area contributed by atoms with Crippen molar-refractivity contribution in [3.8, 4) is 0 Å². The van der Waals surface area contributed by atoms with Gasteiger partial charge in [-0.1, -0.05) is 0 Å². The van der Waals surface area contributed by atoms with Crippen molar-refractivity contribution in [1.82, 2.24) is 4.90 Å². The molecular weight excluding hydrogens is 244 g/mol. The Balaban J connectivity index is 0.00000128. The van der Waals surface area contributed by atoms with Gasteiger partial charge in [0.2, 0.25) is 5.91 Å². The highest BCUT2D eigenvalue weighted by atomic mass is 35.5. The monoisotopic (exact) mass is 264 g/mol. The van der Waals surface area contributed by atoms with Crippen LogP contribution in [0.2, 0.25) is 0 Å². The SMILES string of the molecule is CSCCC(=O)N1CC2CCC(N)C2C1.Cl. The highest BCUT2D eigenvalue weighted by molar-refractivity contribution is 7.98. The fourth-order valence-corrected chi connectivity index (χ4v) is 3.24. The Bertz CT molecular complexity index is 252. The summed E-state index contributed by atoms with van der Waals surface area (Å²) in [5.74, 6) is 2.55. The Morgan fingerprint density at radius 3 is 2.81 bits per heavy atom. The maximum absolute atomic E-state index is 11.8. The minimum atomic E-state index is 0. The van der Waals surface area contributed by atoms with Gasteiger partial charge in [-0.05, 0) is 30.9 Å². The van der Waals surface area contributed by atoms with E-state index in [9.17, 15) is 4.79 Å². The van der Waals surface area contributed by atoms with Gasteiger partial charge in [0.15, 0.2) is 0 Å². The van der Waals surface area contributed by atoms with Crippen molar-refractivity contribution in [3.05, 3.63) is 0 Å². The number of rotatable bonds is 3. The number of likely N-dealkylation sites (tertiary alicyclic amines) is 1. The molecule has 3 atom stereocenters. The molecule has 94 valence electrons. The summed E-state index contributed by atoms with van der Waals surface area (Å²) in [5.41, 5.74) is 6.04. The van der Waals surface area contributed by atoms with Gasteiger partial charge in [0.05, 0.1) is 0 Å². The van der Waals surface area contributed by atoms with Crippen molar-refractivity contribution in [1.29, 1.82) is 0 Å². The number of halogens is 1. The summed E-state index contributed by atoms with van der Waals surface area (Å²) in [6.07, 6.45) is 5.11. The summed E-state index contributed by atoms with van der Waals surface area (Å²) in [5, 5.41) is 0. The summed E-state index contributed by atoms with van der Waals surface area (Å²) in [4.78, 5) is 13.8. The van der Waals surface area contributed by atoms with Crippen LogP contribution in [0.15, 0.2) is 0 Å². The molecule has 2 N–H and O–H groups in total. The summed E-state index contributed by atoms with van der Waals surface area (Å²) >= 11 is 1.74. The summed E-state index contributed by atoms with van der Waals surface area (Å²) in [7, 11) is 0. The molecule has 1 saturated heterocycles. The molecule has 1 amide bonds. The van der Waals surface area contributed by atoms with E-state index in [-0.39, 0.29) is 12.4 Å². The summed E-state index contributed by atoms with van der Waals surface area (Å²) in [6.45, 7) is 1.88. The maximum Gasteiger partial charge on any atom is 0.223 e. The average molecular weight is 265 g/mol. The third-order valence-electron chi connectivity index (χ3n) is 3.79. The number of nitrogens with two attached hydrogens (primary N) is 1. The van der Waals surface area contributed by atoms with Crippen LogP contribution in [-0.4, -0.2) is 41.9 Å². The van der Waals surface area contributed by atoms with E-state index in [0.717, 1.165) is 25.3 Å². The van der Waals surface area contributed by atoms with Gasteiger partial charge in [-0.3, -0.25) is 4.79 Å². The molecule has 1 aliphatic carbocycles. The fraction of sp³-hybridized carbons (Fsp3) is 0.909. The number of hydrogen-bond acceptors (Lipinski definition) is 3. The van der Waals surface area contributed by atoms with E-state index in [1.807, 2.05) is 11.2 Å². The van der Waals surface area contributed by atoms with Crippen molar-refractivity contribution in [2.24, 2.45) is 17.6 Å². The molecule has 0 aromatic heterocycles. The molecule has 0 spiro atoms. The molecule has 2 fully saturated rings. The first kappa shape index (κ1) is 14.1. The number of hydrogen-bond donors (Lipinski definition) is 1. The van der Waals surface area contributed by atoms with Gasteiger partial charge in [0.25, 0.3) is 0 Å². The van der Waals surface area contributed by atoms with Gasteiger partial charge < -0.3 is 10.6 Å². The number of fused-ring (bicyclic) bond motifs is 1. The third kappa shape index (κ3) is 2.84. The van der Waals surface area contributed by atoms with Crippen LogP contribution in [0.5, 0.6) is 0 Å². The zero-order valence-electron chi connectivity index (χ0n) is 9.72. The average Bonchev–Trinajstić information content (AvgIpc) is 2.78. The molecule has 0 aromatic carbocycles. The van der Waals surface area contributed by atoms with Crippen LogP contribution >= 0.6 is 24.2 Å². The largest absolute Gasteiger partial charge is 0.342 e. The van der Waals surface area contributed by atoms with Crippen LogP contribution < -0.4 is 5.73 Å². The predicted molar refractivity (Wildman–Crippen MR) is 71.0 cm³/mol. The molecule has 2 rings (SSSR count). The normalized spacial score (nSPS) is 32.4. The summed E-state index contributed by atoms with van der Waals surface area (Å²) < 4.78 is 0. The zero-order chi connectivity index (χ0) is 10.8. The van der Waals surface area contributed by atoms with Crippen LogP contribution in [0.3, 0.4) is 0 Å². The standard InChI is InChI=1S/C11H20N2OS.ClH/c1-15-5-4-11(14)13-6-8-2-3-10(12)9(8)7-13;/h8-10H,2-7,12H2,1H3;1H. The van der Waals surface area contributed by atoms with E-state index >= 15 is 0 Å². The van der Waals surface area contributed by atoms with Crippen LogP contribution in [0.25, 0.3) is 0 Å². The molecule has 1 saturated carbocycles. The number of carbonyl (C=O) groups is 1. The Hall–Kier alpha value is 0.0700. The molecule has 0 radical (unpaired) electrons. The topological polar surface area (TPSA) is 46.3 Å². The lowest BCUT2D eigenvalue weighted by molar-refractivity contribution is -0.130. The van der Waals surface area contributed by atoms with Gasteiger partial charge in [-0.25, -0.2) is 0 Å². The highest BCUT2D eigenvalue weighted by Gasteiger charge is 2.42. The lowest BCUT2D eigenvalue weighted by Gasteiger charge is -2.18. The molecule has 1 aliphatic heterocycles. The first-order valence-electron chi connectivity index (χ1n) is 5.74. The molecule has 3 unspecified atom stereocenters. The van der Waals surface area contributed by atoms with Crippen molar-refractivity contribution >= 4 is 30.1 Å². The highest BCUT2D eigenvalue weighted by Crippen LogP contribution is 2.37. The van der Waals surface area contributed by atoms with E-state index in [0.29, 0.717) is 30.2 Å². The quantitative estimate of drug-likeness (QED) is 0.837. The van der Waals surface area contributed by atoms with Gasteiger partial charge in [-0.2, -0.15) is 11.8 Å². The minimum Gasteiger partial charge on any atom is -0.342 e. The molecule has 2 aliphatic rings. The number of thioether (sulfide) groups is 1. The second-order valence-electron chi connectivity index (χ2n) is 4.71. The molecule has 0 aromatic rings. The lowest BCUT2D eigenvalue weighted by Crippen LogP contribution is -2.33. The van der Waals surface area contributed by atoms with Gasteiger partial charge in [0, 0.05) is 31.3 Å². The lowest BCUT2D eigenvalue weighted by atomic mass is 9.98. The van der Waals surface area contributed by atoms with Crippen LogP contribution in [0, 0.1) is 11.8 Å².